The van der Waals surface area contributed by atoms with Gasteiger partial charge in [0.1, 0.15) is 17.5 Å². The van der Waals surface area contributed by atoms with Crippen LogP contribution in [-0.4, -0.2) is 11.2 Å². The second kappa shape index (κ2) is 6.16. The SMILES string of the molecule is CCOc1cccc(NCc2cc(C#N)n(C)c2C)c1. The van der Waals surface area contributed by atoms with Crippen molar-refractivity contribution in [2.75, 3.05) is 11.9 Å². The maximum Gasteiger partial charge on any atom is 0.121 e. The van der Waals surface area contributed by atoms with Gasteiger partial charge in [-0.25, -0.2) is 0 Å². The minimum Gasteiger partial charge on any atom is -0.494 e. The number of nitriles is 1. The minimum atomic E-state index is 0.660. The van der Waals surface area contributed by atoms with Crippen molar-refractivity contribution >= 4 is 5.69 Å². The molecule has 1 aromatic carbocycles. The van der Waals surface area contributed by atoms with Gasteiger partial charge in [-0.1, -0.05) is 6.07 Å². The maximum absolute atomic E-state index is 9.03. The molecule has 0 saturated carbocycles. The molecule has 1 N–H and O–H groups in total. The van der Waals surface area contributed by atoms with Crippen LogP contribution in [0.3, 0.4) is 0 Å². The van der Waals surface area contributed by atoms with E-state index in [1.54, 1.807) is 0 Å². The van der Waals surface area contributed by atoms with E-state index in [1.807, 2.05) is 55.8 Å². The lowest BCUT2D eigenvalue weighted by Gasteiger charge is -2.09. The molecule has 0 aliphatic heterocycles. The molecule has 1 heterocycles. The summed E-state index contributed by atoms with van der Waals surface area (Å²) in [7, 11) is 1.91. The van der Waals surface area contributed by atoms with Crippen LogP contribution in [0, 0.1) is 18.3 Å². The summed E-state index contributed by atoms with van der Waals surface area (Å²) >= 11 is 0. The van der Waals surface area contributed by atoms with E-state index in [0.29, 0.717) is 18.8 Å². The molecule has 2 aromatic rings. The van der Waals surface area contributed by atoms with Crippen LogP contribution in [0.15, 0.2) is 30.3 Å². The van der Waals surface area contributed by atoms with Gasteiger partial charge in [0.2, 0.25) is 0 Å². The highest BCUT2D eigenvalue weighted by molar-refractivity contribution is 5.49. The molecule has 0 radical (unpaired) electrons. The Morgan fingerprint density at radius 3 is 2.80 bits per heavy atom. The van der Waals surface area contributed by atoms with E-state index >= 15 is 0 Å². The third kappa shape index (κ3) is 2.94. The van der Waals surface area contributed by atoms with Crippen molar-refractivity contribution in [3.63, 3.8) is 0 Å². The number of anilines is 1. The number of nitrogens with zero attached hydrogens (tertiary/aromatic N) is 2. The van der Waals surface area contributed by atoms with Crippen LogP contribution in [-0.2, 0) is 13.6 Å². The van der Waals surface area contributed by atoms with Gasteiger partial charge in [0, 0.05) is 31.0 Å². The van der Waals surface area contributed by atoms with Crippen molar-refractivity contribution in [3.8, 4) is 11.8 Å². The van der Waals surface area contributed by atoms with Crippen molar-refractivity contribution in [3.05, 3.63) is 47.3 Å². The van der Waals surface area contributed by atoms with E-state index in [2.05, 4.69) is 11.4 Å². The molecule has 0 aliphatic carbocycles. The molecule has 20 heavy (non-hydrogen) atoms. The Bertz CT molecular complexity index is 638. The van der Waals surface area contributed by atoms with Crippen LogP contribution in [0.5, 0.6) is 5.75 Å². The fourth-order valence-electron chi connectivity index (χ4n) is 2.11. The molecular weight excluding hydrogens is 250 g/mol. The van der Waals surface area contributed by atoms with E-state index in [1.165, 1.54) is 0 Å². The van der Waals surface area contributed by atoms with Crippen LogP contribution < -0.4 is 10.1 Å². The van der Waals surface area contributed by atoms with Gasteiger partial charge >= 0.3 is 0 Å². The Kier molecular flexibility index (Phi) is 4.31. The quantitative estimate of drug-likeness (QED) is 0.906. The molecule has 4 nitrogen and oxygen atoms in total. The summed E-state index contributed by atoms with van der Waals surface area (Å²) < 4.78 is 7.39. The molecule has 0 unspecified atom stereocenters. The summed E-state index contributed by atoms with van der Waals surface area (Å²) in [6, 6.07) is 12.0. The van der Waals surface area contributed by atoms with Crippen LogP contribution >= 0.6 is 0 Å². The average Bonchev–Trinajstić information content (AvgIpc) is 2.73. The number of hydrogen-bond acceptors (Lipinski definition) is 3. The van der Waals surface area contributed by atoms with Crippen LogP contribution in [0.1, 0.15) is 23.9 Å². The van der Waals surface area contributed by atoms with Crippen molar-refractivity contribution in [2.24, 2.45) is 7.05 Å². The first-order valence-corrected chi connectivity index (χ1v) is 6.67. The Hall–Kier alpha value is -2.41. The first kappa shape index (κ1) is 14.0. The Morgan fingerprint density at radius 2 is 2.15 bits per heavy atom. The lowest BCUT2D eigenvalue weighted by atomic mass is 10.2. The molecule has 0 saturated heterocycles. The van der Waals surface area contributed by atoms with Gasteiger partial charge in [-0.05, 0) is 37.6 Å². The number of benzene rings is 1. The highest BCUT2D eigenvalue weighted by Crippen LogP contribution is 2.19. The molecule has 1 aromatic heterocycles. The standard InChI is InChI=1S/C16H19N3O/c1-4-20-16-7-5-6-14(9-16)18-11-13-8-15(10-17)19(3)12(13)2/h5-9,18H,4,11H2,1-3H3. The Labute approximate surface area is 119 Å². The first-order valence-electron chi connectivity index (χ1n) is 6.67. The van der Waals surface area contributed by atoms with Crippen molar-refractivity contribution < 1.29 is 4.74 Å². The molecular formula is C16H19N3O. The average molecular weight is 269 g/mol. The van der Waals surface area contributed by atoms with Crippen molar-refractivity contribution in [2.45, 2.75) is 20.4 Å². The van der Waals surface area contributed by atoms with E-state index in [-0.39, 0.29) is 0 Å². The normalized spacial score (nSPS) is 10.1. The van der Waals surface area contributed by atoms with Gasteiger partial charge in [0.15, 0.2) is 0 Å². The summed E-state index contributed by atoms with van der Waals surface area (Å²) in [6.07, 6.45) is 0. The Balaban J connectivity index is 2.09. The predicted octanol–water partition coefficient (Wildman–Crippen LogP) is 3.22. The number of nitrogens with one attached hydrogen (secondary N) is 1. The third-order valence-corrected chi connectivity index (χ3v) is 3.38. The smallest absolute Gasteiger partial charge is 0.121 e. The summed E-state index contributed by atoms with van der Waals surface area (Å²) in [5, 5.41) is 12.4. The monoisotopic (exact) mass is 269 g/mol. The molecule has 0 spiro atoms. The van der Waals surface area contributed by atoms with Gasteiger partial charge in [-0.2, -0.15) is 5.26 Å². The van der Waals surface area contributed by atoms with E-state index < -0.39 is 0 Å². The second-order valence-electron chi connectivity index (χ2n) is 4.63. The predicted molar refractivity (Wildman–Crippen MR) is 79.8 cm³/mol. The fraction of sp³-hybridized carbons (Fsp3) is 0.312. The van der Waals surface area contributed by atoms with E-state index in [4.69, 9.17) is 10.00 Å². The molecule has 104 valence electrons. The summed E-state index contributed by atoms with van der Waals surface area (Å²) in [6.45, 7) is 5.34. The second-order valence-corrected chi connectivity index (χ2v) is 4.63. The molecule has 0 fully saturated rings. The lowest BCUT2D eigenvalue weighted by Crippen LogP contribution is -2.02. The highest BCUT2D eigenvalue weighted by Gasteiger charge is 2.08. The number of rotatable bonds is 5. The van der Waals surface area contributed by atoms with E-state index in [9.17, 15) is 0 Å². The van der Waals surface area contributed by atoms with Gasteiger partial charge in [-0.3, -0.25) is 0 Å². The minimum absolute atomic E-state index is 0.660. The summed E-state index contributed by atoms with van der Waals surface area (Å²) in [5.41, 5.74) is 3.93. The van der Waals surface area contributed by atoms with Crippen molar-refractivity contribution in [1.29, 1.82) is 5.26 Å². The number of aromatic nitrogens is 1. The maximum atomic E-state index is 9.03. The molecule has 4 heteroatoms. The van der Waals surface area contributed by atoms with Gasteiger partial charge in [0.25, 0.3) is 0 Å². The van der Waals surface area contributed by atoms with Gasteiger partial charge < -0.3 is 14.6 Å². The van der Waals surface area contributed by atoms with E-state index in [0.717, 1.165) is 22.7 Å². The van der Waals surface area contributed by atoms with Crippen molar-refractivity contribution in [1.82, 2.24) is 4.57 Å². The summed E-state index contributed by atoms with van der Waals surface area (Å²) in [4.78, 5) is 0. The van der Waals surface area contributed by atoms with Gasteiger partial charge in [-0.15, -0.1) is 0 Å². The molecule has 0 aliphatic rings. The highest BCUT2D eigenvalue weighted by atomic mass is 16.5. The molecule has 2 rings (SSSR count). The lowest BCUT2D eigenvalue weighted by molar-refractivity contribution is 0.340. The fourth-order valence-corrected chi connectivity index (χ4v) is 2.11. The number of ether oxygens (including phenoxy) is 1. The zero-order valence-electron chi connectivity index (χ0n) is 12.1. The molecule has 0 amide bonds. The third-order valence-electron chi connectivity index (χ3n) is 3.38. The first-order chi connectivity index (χ1) is 9.65. The Morgan fingerprint density at radius 1 is 1.35 bits per heavy atom. The zero-order chi connectivity index (χ0) is 14.5. The summed E-state index contributed by atoms with van der Waals surface area (Å²) in [5.74, 6) is 0.861. The van der Waals surface area contributed by atoms with Crippen LogP contribution in [0.2, 0.25) is 0 Å². The topological polar surface area (TPSA) is 50.0 Å². The zero-order valence-corrected chi connectivity index (χ0v) is 12.1. The van der Waals surface area contributed by atoms with Crippen LogP contribution in [0.4, 0.5) is 5.69 Å². The molecule has 0 atom stereocenters. The largest absolute Gasteiger partial charge is 0.494 e. The van der Waals surface area contributed by atoms with Gasteiger partial charge in [0.05, 0.1) is 6.61 Å². The molecule has 0 bridgehead atoms. The van der Waals surface area contributed by atoms with Crippen LogP contribution in [0.25, 0.3) is 0 Å². The number of hydrogen-bond donors (Lipinski definition) is 1.